The summed E-state index contributed by atoms with van der Waals surface area (Å²) in [7, 11) is 1.60. The summed E-state index contributed by atoms with van der Waals surface area (Å²) < 4.78 is 10.4. The molecule has 1 atom stereocenters. The Labute approximate surface area is 138 Å². The molecule has 24 heavy (non-hydrogen) atoms. The van der Waals surface area contributed by atoms with Gasteiger partial charge in [0.1, 0.15) is 11.4 Å². The summed E-state index contributed by atoms with van der Waals surface area (Å²) in [6, 6.07) is 9.14. The van der Waals surface area contributed by atoms with E-state index in [1.807, 2.05) is 24.3 Å². The first-order valence-corrected chi connectivity index (χ1v) is 7.30. The molecule has 3 rings (SSSR count). The third-order valence-electron chi connectivity index (χ3n) is 3.49. The van der Waals surface area contributed by atoms with Gasteiger partial charge in [0.05, 0.1) is 19.6 Å². The molecule has 1 aromatic heterocycles. The number of nitrogens with one attached hydrogen (secondary N) is 1. The van der Waals surface area contributed by atoms with Crippen LogP contribution in [0, 0.1) is 5.92 Å². The summed E-state index contributed by atoms with van der Waals surface area (Å²) in [5.74, 6) is 0.199. The van der Waals surface area contributed by atoms with Gasteiger partial charge in [0, 0.05) is 23.9 Å². The van der Waals surface area contributed by atoms with Crippen LogP contribution in [0.25, 0.3) is 11.3 Å². The Morgan fingerprint density at radius 2 is 2.12 bits per heavy atom. The lowest BCUT2D eigenvalue weighted by atomic mass is 10.1. The lowest BCUT2D eigenvalue weighted by Crippen LogP contribution is -2.31. The fourth-order valence-electron chi connectivity index (χ4n) is 2.17. The van der Waals surface area contributed by atoms with Crippen LogP contribution in [0.2, 0.25) is 0 Å². The number of amides is 2. The summed E-state index contributed by atoms with van der Waals surface area (Å²) in [5, 5.41) is 6.67. The molecule has 0 fully saturated rings. The quantitative estimate of drug-likeness (QED) is 0.904. The normalized spacial score (nSPS) is 16.2. The van der Waals surface area contributed by atoms with Gasteiger partial charge in [-0.15, -0.1) is 0 Å². The van der Waals surface area contributed by atoms with Gasteiger partial charge in [-0.25, -0.2) is 4.99 Å². The topological polar surface area (TPSA) is 93.8 Å². The molecule has 1 aromatic carbocycles. The summed E-state index contributed by atoms with van der Waals surface area (Å²) in [6.07, 6.45) is 4.11. The Kier molecular flexibility index (Phi) is 4.51. The van der Waals surface area contributed by atoms with Crippen molar-refractivity contribution in [1.29, 1.82) is 0 Å². The Morgan fingerprint density at radius 1 is 1.33 bits per heavy atom. The van der Waals surface area contributed by atoms with Crippen molar-refractivity contribution < 1.29 is 18.8 Å². The van der Waals surface area contributed by atoms with Crippen molar-refractivity contribution in [2.45, 2.75) is 6.54 Å². The van der Waals surface area contributed by atoms with Crippen molar-refractivity contribution >= 4 is 18.0 Å². The molecule has 2 aromatic rings. The zero-order valence-electron chi connectivity index (χ0n) is 12.9. The van der Waals surface area contributed by atoms with Crippen molar-refractivity contribution in [2.24, 2.45) is 10.9 Å². The molecular weight excluding hydrogens is 310 g/mol. The summed E-state index contributed by atoms with van der Waals surface area (Å²) >= 11 is 0. The van der Waals surface area contributed by atoms with Crippen LogP contribution < -0.4 is 10.1 Å². The third-order valence-corrected chi connectivity index (χ3v) is 3.49. The van der Waals surface area contributed by atoms with E-state index in [0.717, 1.165) is 11.3 Å². The molecule has 0 spiro atoms. The standard InChI is InChI=1S/C17H15N3O4/c1-23-14-5-2-11(3-6-14)15-8-13(20-24-15)10-19-17(22)12-4-7-16(21)18-9-12/h2-9,12H,10H2,1H3,(H,19,22). The average Bonchev–Trinajstić information content (AvgIpc) is 3.09. The minimum atomic E-state index is -0.546. The van der Waals surface area contributed by atoms with Crippen LogP contribution in [-0.2, 0) is 16.1 Å². The number of dihydropyridines is 1. The van der Waals surface area contributed by atoms with Gasteiger partial charge in [0.15, 0.2) is 5.76 Å². The fraction of sp³-hybridized carbons (Fsp3) is 0.176. The van der Waals surface area contributed by atoms with E-state index in [2.05, 4.69) is 15.5 Å². The third kappa shape index (κ3) is 3.57. The molecule has 1 aliphatic rings. The number of hydrogen-bond donors (Lipinski definition) is 1. The predicted molar refractivity (Wildman–Crippen MR) is 86.5 cm³/mol. The van der Waals surface area contributed by atoms with Gasteiger partial charge >= 0.3 is 0 Å². The molecule has 1 aliphatic heterocycles. The number of aromatic nitrogens is 1. The van der Waals surface area contributed by atoms with E-state index in [1.165, 1.54) is 18.4 Å². The zero-order valence-corrected chi connectivity index (χ0v) is 12.9. The monoisotopic (exact) mass is 325 g/mol. The molecule has 0 bridgehead atoms. The highest BCUT2D eigenvalue weighted by molar-refractivity contribution is 6.05. The molecule has 0 radical (unpaired) electrons. The van der Waals surface area contributed by atoms with E-state index in [0.29, 0.717) is 11.5 Å². The molecule has 7 heteroatoms. The predicted octanol–water partition coefficient (Wildman–Crippen LogP) is 1.75. The molecule has 1 unspecified atom stereocenters. The first-order valence-electron chi connectivity index (χ1n) is 7.30. The molecule has 122 valence electrons. The molecule has 0 saturated heterocycles. The molecular formula is C17H15N3O4. The largest absolute Gasteiger partial charge is 0.497 e. The average molecular weight is 325 g/mol. The molecule has 7 nitrogen and oxygen atoms in total. The molecule has 2 heterocycles. The van der Waals surface area contributed by atoms with Crippen molar-refractivity contribution in [3.8, 4) is 17.1 Å². The number of rotatable bonds is 5. The second-order valence-electron chi connectivity index (χ2n) is 5.13. The molecule has 0 saturated carbocycles. The number of methoxy groups -OCH3 is 1. The van der Waals surface area contributed by atoms with Crippen LogP contribution in [0.5, 0.6) is 5.75 Å². The zero-order chi connectivity index (χ0) is 16.9. The number of carbonyl (C=O) groups excluding carboxylic acids is 2. The number of carbonyl (C=O) groups is 2. The van der Waals surface area contributed by atoms with Crippen molar-refractivity contribution in [3.05, 3.63) is 48.2 Å². The van der Waals surface area contributed by atoms with E-state index < -0.39 is 5.92 Å². The Morgan fingerprint density at radius 3 is 2.79 bits per heavy atom. The van der Waals surface area contributed by atoms with Crippen molar-refractivity contribution in [3.63, 3.8) is 0 Å². The van der Waals surface area contributed by atoms with Crippen molar-refractivity contribution in [2.75, 3.05) is 7.11 Å². The number of aliphatic imine (C=N–C) groups is 1. The number of ether oxygens (including phenoxy) is 1. The Bertz CT molecular complexity index is 789. The van der Waals surface area contributed by atoms with Crippen LogP contribution in [0.3, 0.4) is 0 Å². The summed E-state index contributed by atoms with van der Waals surface area (Å²) in [5.41, 5.74) is 1.46. The fourth-order valence-corrected chi connectivity index (χ4v) is 2.17. The first-order chi connectivity index (χ1) is 11.7. The van der Waals surface area contributed by atoms with E-state index in [1.54, 1.807) is 13.2 Å². The second kappa shape index (κ2) is 6.91. The maximum atomic E-state index is 12.0. The van der Waals surface area contributed by atoms with Crippen LogP contribution in [0.1, 0.15) is 5.69 Å². The van der Waals surface area contributed by atoms with Crippen LogP contribution >= 0.6 is 0 Å². The number of nitrogens with zero attached hydrogens (tertiary/aromatic N) is 2. The Balaban J connectivity index is 1.59. The van der Waals surface area contributed by atoms with Crippen LogP contribution in [0.15, 0.2) is 52.0 Å². The summed E-state index contributed by atoms with van der Waals surface area (Å²) in [6.45, 7) is 0.227. The van der Waals surface area contributed by atoms with Crippen LogP contribution in [-0.4, -0.2) is 30.3 Å². The smallest absolute Gasteiger partial charge is 0.269 e. The molecule has 2 amide bonds. The van der Waals surface area contributed by atoms with Gasteiger partial charge in [-0.3, -0.25) is 9.59 Å². The van der Waals surface area contributed by atoms with E-state index in [-0.39, 0.29) is 18.4 Å². The number of benzene rings is 1. The summed E-state index contributed by atoms with van der Waals surface area (Å²) in [4.78, 5) is 26.5. The van der Waals surface area contributed by atoms with Gasteiger partial charge in [-0.2, -0.15) is 0 Å². The first kappa shape index (κ1) is 15.7. The Hall–Kier alpha value is -3.22. The highest BCUT2D eigenvalue weighted by atomic mass is 16.5. The molecule has 0 aliphatic carbocycles. The minimum absolute atomic E-state index is 0.227. The van der Waals surface area contributed by atoms with Crippen molar-refractivity contribution in [1.82, 2.24) is 10.5 Å². The van der Waals surface area contributed by atoms with Gasteiger partial charge in [0.2, 0.25) is 5.91 Å². The van der Waals surface area contributed by atoms with Crippen LogP contribution in [0.4, 0.5) is 0 Å². The SMILES string of the molecule is COc1ccc(-c2cc(CNC(=O)C3C=CC(=O)N=C3)no2)cc1. The maximum absolute atomic E-state index is 12.0. The lowest BCUT2D eigenvalue weighted by Gasteiger charge is -2.09. The number of hydrogen-bond acceptors (Lipinski definition) is 5. The van der Waals surface area contributed by atoms with Gasteiger partial charge in [0.25, 0.3) is 5.91 Å². The van der Waals surface area contributed by atoms with Gasteiger partial charge in [-0.05, 0) is 24.3 Å². The molecule has 1 N–H and O–H groups in total. The maximum Gasteiger partial charge on any atom is 0.269 e. The van der Waals surface area contributed by atoms with E-state index in [9.17, 15) is 9.59 Å². The van der Waals surface area contributed by atoms with E-state index >= 15 is 0 Å². The lowest BCUT2D eigenvalue weighted by molar-refractivity contribution is -0.122. The van der Waals surface area contributed by atoms with Gasteiger partial charge < -0.3 is 14.6 Å². The highest BCUT2D eigenvalue weighted by Crippen LogP contribution is 2.23. The second-order valence-corrected chi connectivity index (χ2v) is 5.13. The van der Waals surface area contributed by atoms with E-state index in [4.69, 9.17) is 9.26 Å². The van der Waals surface area contributed by atoms with Gasteiger partial charge in [-0.1, -0.05) is 11.2 Å². The highest BCUT2D eigenvalue weighted by Gasteiger charge is 2.17. The minimum Gasteiger partial charge on any atom is -0.497 e.